The fraction of sp³-hybridized carbons (Fsp3) is 0.180. The van der Waals surface area contributed by atoms with Crippen molar-refractivity contribution in [1.29, 1.82) is 10.5 Å². The molecule has 2 atom stereocenters. The number of fused-ring (bicyclic) bond motifs is 2. The third-order valence-electron chi connectivity index (χ3n) is 10.5. The van der Waals surface area contributed by atoms with Crippen LogP contribution in [0, 0.1) is 22.7 Å². The molecule has 1 aliphatic rings. The zero-order valence-corrected chi connectivity index (χ0v) is 36.6. The van der Waals surface area contributed by atoms with E-state index in [1.54, 1.807) is 30.7 Å². The van der Waals surface area contributed by atoms with E-state index in [4.69, 9.17) is 14.2 Å². The second-order valence-electron chi connectivity index (χ2n) is 14.9. The summed E-state index contributed by atoms with van der Waals surface area (Å²) in [5.74, 6) is -1.14. The quantitative estimate of drug-likeness (QED) is 0.107. The number of hydrogen-bond acceptors (Lipinski definition) is 15. The first-order valence-corrected chi connectivity index (χ1v) is 22.5. The highest BCUT2D eigenvalue weighted by molar-refractivity contribution is 7.19. The van der Waals surface area contributed by atoms with Crippen LogP contribution in [0.2, 0.25) is 0 Å². The number of nitrogens with zero attached hydrogens (tertiary/aromatic N) is 10. The molecule has 1 saturated heterocycles. The summed E-state index contributed by atoms with van der Waals surface area (Å²) in [5, 5.41) is 21.0. The van der Waals surface area contributed by atoms with Crippen molar-refractivity contribution in [2.24, 2.45) is 0 Å². The highest BCUT2D eigenvalue weighted by Gasteiger charge is 2.22. The number of pyridine rings is 1. The van der Waals surface area contributed by atoms with E-state index in [1.807, 2.05) is 91.0 Å². The lowest BCUT2D eigenvalue weighted by molar-refractivity contribution is 0.0342. The Morgan fingerprint density at radius 2 is 1.06 bits per heavy atom. The summed E-state index contributed by atoms with van der Waals surface area (Å²) in [7, 11) is 0. The Balaban J connectivity index is 0.000000164. The van der Waals surface area contributed by atoms with Gasteiger partial charge < -0.3 is 14.2 Å². The first-order chi connectivity index (χ1) is 32.1. The van der Waals surface area contributed by atoms with Gasteiger partial charge in [-0.3, -0.25) is 9.88 Å². The normalized spacial score (nSPS) is 13.5. The lowest BCUT2D eigenvalue weighted by atomic mass is 10.1. The molecule has 4 aromatic carbocycles. The number of rotatable bonds is 13. The molecule has 0 N–H and O–H groups in total. The number of benzene rings is 4. The van der Waals surface area contributed by atoms with Crippen molar-refractivity contribution in [3.8, 4) is 35.4 Å². The van der Waals surface area contributed by atoms with Crippen molar-refractivity contribution >= 4 is 43.1 Å². The summed E-state index contributed by atoms with van der Waals surface area (Å²) < 4.78 is 19.1. The van der Waals surface area contributed by atoms with Crippen molar-refractivity contribution in [2.75, 3.05) is 26.3 Å². The Kier molecular flexibility index (Phi) is 13.7. The lowest BCUT2D eigenvalue weighted by Gasteiger charge is -2.26. The van der Waals surface area contributed by atoms with E-state index in [1.165, 1.54) is 28.2 Å². The first-order valence-electron chi connectivity index (χ1n) is 20.9. The molecular weight excluding hydrogens is 853 g/mol. The smallest absolute Gasteiger partial charge is 0.316 e. The van der Waals surface area contributed by atoms with Gasteiger partial charge in [-0.1, -0.05) is 78.9 Å². The summed E-state index contributed by atoms with van der Waals surface area (Å²) >= 11 is 3.01. The largest absolute Gasteiger partial charge is 0.459 e. The molecule has 10 rings (SSSR count). The number of aromatic nitrogens is 7. The predicted octanol–water partition coefficient (Wildman–Crippen LogP) is 9.54. The first kappa shape index (κ1) is 42.8. The Morgan fingerprint density at radius 3 is 1.57 bits per heavy atom. The van der Waals surface area contributed by atoms with Gasteiger partial charge in [-0.05, 0) is 65.2 Å². The molecule has 15 heteroatoms. The molecule has 0 spiro atoms. The maximum atomic E-state index is 9.81. The molecule has 1 fully saturated rings. The zero-order valence-electron chi connectivity index (χ0n) is 35.0. The minimum Gasteiger partial charge on any atom is -0.459 e. The van der Waals surface area contributed by atoms with Crippen LogP contribution < -0.4 is 9.47 Å². The number of thiazole rings is 2. The van der Waals surface area contributed by atoms with Crippen LogP contribution in [0.3, 0.4) is 0 Å². The van der Waals surface area contributed by atoms with E-state index < -0.39 is 11.8 Å². The highest BCUT2D eigenvalue weighted by Crippen LogP contribution is 2.32. The minimum absolute atomic E-state index is 0.234. The molecule has 0 saturated carbocycles. The van der Waals surface area contributed by atoms with Crippen molar-refractivity contribution in [3.63, 3.8) is 0 Å². The van der Waals surface area contributed by atoms with Gasteiger partial charge in [0.25, 0.3) is 0 Å². The van der Waals surface area contributed by atoms with Crippen LogP contribution in [0.1, 0.15) is 49.9 Å². The van der Waals surface area contributed by atoms with Gasteiger partial charge in [0.1, 0.15) is 35.1 Å². The Labute approximate surface area is 383 Å². The monoisotopic (exact) mass is 892 g/mol. The molecule has 0 amide bonds. The molecule has 1 aliphatic heterocycles. The number of morpholine rings is 1. The van der Waals surface area contributed by atoms with Gasteiger partial charge in [0.05, 0.1) is 62.9 Å². The van der Waals surface area contributed by atoms with Gasteiger partial charge in [-0.15, -0.1) is 22.7 Å². The summed E-state index contributed by atoms with van der Waals surface area (Å²) in [6.45, 7) is 5.16. The van der Waals surface area contributed by atoms with Crippen LogP contribution in [0.25, 0.3) is 31.7 Å². The molecule has 6 heterocycles. The molecule has 65 heavy (non-hydrogen) atoms. The van der Waals surface area contributed by atoms with E-state index in [-0.39, 0.29) is 12.0 Å². The van der Waals surface area contributed by atoms with E-state index in [2.05, 4.69) is 76.2 Å². The fourth-order valence-corrected chi connectivity index (χ4v) is 9.10. The van der Waals surface area contributed by atoms with Crippen molar-refractivity contribution in [2.45, 2.75) is 31.6 Å². The molecule has 0 aliphatic carbocycles. The molecule has 13 nitrogen and oxygen atoms in total. The number of nitriles is 2. The van der Waals surface area contributed by atoms with E-state index in [9.17, 15) is 10.5 Å². The number of para-hydroxylation sites is 2. The Morgan fingerprint density at radius 1 is 0.554 bits per heavy atom. The summed E-state index contributed by atoms with van der Waals surface area (Å²) in [4.78, 5) is 33.4. The topological polar surface area (TPSA) is 169 Å². The van der Waals surface area contributed by atoms with Crippen LogP contribution in [-0.4, -0.2) is 66.1 Å². The van der Waals surface area contributed by atoms with Crippen LogP contribution in [-0.2, 0) is 24.5 Å². The average Bonchev–Trinajstić information content (AvgIpc) is 4.00. The summed E-state index contributed by atoms with van der Waals surface area (Å²) in [6, 6.07) is 46.6. The van der Waals surface area contributed by atoms with Gasteiger partial charge in [-0.25, -0.2) is 19.9 Å². The Hall–Kier alpha value is -7.53. The van der Waals surface area contributed by atoms with Crippen LogP contribution in [0.5, 0.6) is 12.0 Å². The summed E-state index contributed by atoms with van der Waals surface area (Å²) in [6.07, 6.45) is 5.01. The third-order valence-corrected chi connectivity index (χ3v) is 12.7. The Bertz CT molecular complexity index is 3010. The van der Waals surface area contributed by atoms with E-state index in [0.29, 0.717) is 29.6 Å². The molecule has 320 valence electrons. The zero-order chi connectivity index (χ0) is 44.2. The lowest BCUT2D eigenvalue weighted by Crippen LogP contribution is -2.35. The molecule has 2 unspecified atom stereocenters. The second kappa shape index (κ2) is 20.8. The van der Waals surface area contributed by atoms with E-state index in [0.717, 1.165) is 80.7 Å². The average molecular weight is 893 g/mol. The van der Waals surface area contributed by atoms with Crippen molar-refractivity contribution in [1.82, 2.24) is 39.8 Å². The van der Waals surface area contributed by atoms with Gasteiger partial charge in [0.2, 0.25) is 0 Å². The minimum atomic E-state index is -0.574. The second-order valence-corrected chi connectivity index (χ2v) is 17.0. The predicted molar refractivity (Wildman–Crippen MR) is 249 cm³/mol. The number of hydrogen-bond donors (Lipinski definition) is 0. The summed E-state index contributed by atoms with van der Waals surface area (Å²) in [5.41, 5.74) is 8.19. The van der Waals surface area contributed by atoms with Crippen LogP contribution in [0.15, 0.2) is 146 Å². The molecule has 0 bridgehead atoms. The number of ether oxygens (including phenoxy) is 3. The van der Waals surface area contributed by atoms with Crippen LogP contribution >= 0.6 is 22.7 Å². The van der Waals surface area contributed by atoms with E-state index >= 15 is 0 Å². The third kappa shape index (κ3) is 10.8. The van der Waals surface area contributed by atoms with Crippen molar-refractivity contribution < 1.29 is 14.2 Å². The molecule has 5 aromatic heterocycles. The molecule has 0 radical (unpaired) electrons. The van der Waals surface area contributed by atoms with Gasteiger partial charge in [0.15, 0.2) is 0 Å². The van der Waals surface area contributed by atoms with Gasteiger partial charge in [-0.2, -0.15) is 20.5 Å². The fourth-order valence-electron chi connectivity index (χ4n) is 7.05. The SMILES string of the molecule is N#CC(c1ccnc(OCc2ccc(-c3ccccn3)cc2)n1)c1nc2ccccc2s1.N#CC(c1ccnc(OCc2ccc(CN3CCOCC3)cc2)n1)c1nc2ccccc2s1. The molecular formula is C50H40N10O3S2. The molecule has 9 aromatic rings. The standard InChI is InChI=1S/C25H23N5O2S.C25H17N5OS/c26-15-20(24-28-22-3-1-2-4-23(22)33-24)21-9-10-27-25(29-21)32-17-19-7-5-18(6-8-19)16-30-11-13-31-14-12-30;26-15-19(24-29-22-6-1-2-7-23(22)32-24)21-12-14-28-25(30-21)31-16-17-8-10-18(11-9-17)20-5-3-4-13-27-20/h1-10,20H,11-14,16-17H2;1-14,19H,16H2. The maximum absolute atomic E-state index is 9.81. The van der Waals surface area contributed by atoms with Gasteiger partial charge in [0, 0.05) is 43.8 Å². The highest BCUT2D eigenvalue weighted by atomic mass is 32.1. The van der Waals surface area contributed by atoms with Crippen molar-refractivity contribution in [3.05, 3.63) is 184 Å². The maximum Gasteiger partial charge on any atom is 0.316 e. The van der Waals surface area contributed by atoms with Crippen LogP contribution in [0.4, 0.5) is 0 Å². The van der Waals surface area contributed by atoms with Gasteiger partial charge >= 0.3 is 12.0 Å².